The van der Waals surface area contributed by atoms with Crippen LogP contribution in [0, 0.1) is 0 Å². The number of hydrogen-bond donors (Lipinski definition) is 1. The van der Waals surface area contributed by atoms with Crippen molar-refractivity contribution in [2.24, 2.45) is 0 Å². The standard InChI is InChI=1S/C30H36ClN3O5S/c1-5-22(2)32-30(36)28(19-23-10-7-6-8-11-23)33(20-24-12-9-13-27(18-24)39-3)29(35)21-34(40(4,37)38)26-16-14-25(31)15-17-26/h6-18,22,28H,5,19-21H2,1-4H3,(H,32,36)/t22-,28-/m1/s1. The van der Waals surface area contributed by atoms with Crippen LogP contribution in [0.2, 0.25) is 5.02 Å². The van der Waals surface area contributed by atoms with E-state index in [1.165, 1.54) is 4.90 Å². The van der Waals surface area contributed by atoms with Gasteiger partial charge in [-0.3, -0.25) is 13.9 Å². The zero-order chi connectivity index (χ0) is 29.3. The van der Waals surface area contributed by atoms with Gasteiger partial charge in [0.15, 0.2) is 0 Å². The molecule has 3 aromatic rings. The first-order chi connectivity index (χ1) is 19.0. The first-order valence-corrected chi connectivity index (χ1v) is 15.2. The van der Waals surface area contributed by atoms with Gasteiger partial charge in [0, 0.05) is 24.0 Å². The number of carbonyl (C=O) groups is 2. The average Bonchev–Trinajstić information content (AvgIpc) is 2.94. The Bertz CT molecular complexity index is 1380. The summed E-state index contributed by atoms with van der Waals surface area (Å²) in [5.41, 5.74) is 1.90. The Morgan fingerprint density at radius 1 is 0.975 bits per heavy atom. The van der Waals surface area contributed by atoms with Crippen LogP contribution in [0.3, 0.4) is 0 Å². The summed E-state index contributed by atoms with van der Waals surface area (Å²) in [6.45, 7) is 3.44. The molecule has 0 aliphatic rings. The van der Waals surface area contributed by atoms with E-state index in [1.54, 1.807) is 49.6 Å². The van der Waals surface area contributed by atoms with Crippen molar-refractivity contribution in [1.82, 2.24) is 10.2 Å². The molecule has 0 saturated carbocycles. The fourth-order valence-corrected chi connectivity index (χ4v) is 5.16. The highest BCUT2D eigenvalue weighted by Gasteiger charge is 2.33. The molecule has 2 amide bonds. The molecule has 214 valence electrons. The van der Waals surface area contributed by atoms with Gasteiger partial charge in [0.25, 0.3) is 0 Å². The van der Waals surface area contributed by atoms with Gasteiger partial charge in [-0.05, 0) is 60.9 Å². The number of sulfonamides is 1. The lowest BCUT2D eigenvalue weighted by Gasteiger charge is -2.34. The summed E-state index contributed by atoms with van der Waals surface area (Å²) in [5, 5.41) is 3.45. The molecule has 10 heteroatoms. The summed E-state index contributed by atoms with van der Waals surface area (Å²) in [7, 11) is -2.30. The van der Waals surface area contributed by atoms with Crippen LogP contribution in [0.5, 0.6) is 5.75 Å². The molecule has 0 aliphatic heterocycles. The third kappa shape index (κ3) is 8.72. The number of hydrogen-bond acceptors (Lipinski definition) is 5. The van der Waals surface area contributed by atoms with Gasteiger partial charge in [-0.25, -0.2) is 8.42 Å². The van der Waals surface area contributed by atoms with Gasteiger partial charge in [0.05, 0.1) is 19.1 Å². The van der Waals surface area contributed by atoms with E-state index in [1.807, 2.05) is 50.2 Å². The Labute approximate surface area is 241 Å². The van der Waals surface area contributed by atoms with Crippen LogP contribution in [0.15, 0.2) is 78.9 Å². The lowest BCUT2D eigenvalue weighted by atomic mass is 10.0. The molecule has 0 heterocycles. The summed E-state index contributed by atoms with van der Waals surface area (Å²) in [5.74, 6) is -0.234. The summed E-state index contributed by atoms with van der Waals surface area (Å²) < 4.78 is 32.0. The second-order valence-corrected chi connectivity index (χ2v) is 12.0. The molecule has 0 radical (unpaired) electrons. The molecule has 0 unspecified atom stereocenters. The van der Waals surface area contributed by atoms with Crippen LogP contribution < -0.4 is 14.4 Å². The Morgan fingerprint density at radius 2 is 1.62 bits per heavy atom. The SMILES string of the molecule is CC[C@@H](C)NC(=O)[C@@H](Cc1ccccc1)N(Cc1cccc(OC)c1)C(=O)CN(c1ccc(Cl)cc1)S(C)(=O)=O. The number of carbonyl (C=O) groups excluding carboxylic acids is 2. The predicted octanol–water partition coefficient (Wildman–Crippen LogP) is 4.67. The number of benzene rings is 3. The van der Waals surface area contributed by atoms with Crippen LogP contribution in [-0.4, -0.2) is 57.1 Å². The Kier molecular flexibility index (Phi) is 11.0. The predicted molar refractivity (Wildman–Crippen MR) is 159 cm³/mol. The van der Waals surface area contributed by atoms with Gasteiger partial charge in [0.2, 0.25) is 21.8 Å². The van der Waals surface area contributed by atoms with E-state index in [4.69, 9.17) is 16.3 Å². The number of anilines is 1. The molecule has 0 aliphatic carbocycles. The Balaban J connectivity index is 2.06. The molecule has 3 aromatic carbocycles. The van der Waals surface area contributed by atoms with E-state index in [0.717, 1.165) is 21.7 Å². The maximum atomic E-state index is 14.1. The second kappa shape index (κ2) is 14.2. The molecule has 40 heavy (non-hydrogen) atoms. The van der Waals surface area contributed by atoms with Gasteiger partial charge in [0.1, 0.15) is 18.3 Å². The van der Waals surface area contributed by atoms with Crippen molar-refractivity contribution in [1.29, 1.82) is 0 Å². The number of nitrogens with zero attached hydrogens (tertiary/aromatic N) is 2. The fraction of sp³-hybridized carbons (Fsp3) is 0.333. The van der Waals surface area contributed by atoms with Crippen LogP contribution in [-0.2, 0) is 32.6 Å². The van der Waals surface area contributed by atoms with E-state index in [9.17, 15) is 18.0 Å². The van der Waals surface area contributed by atoms with E-state index in [0.29, 0.717) is 22.9 Å². The average molecular weight is 586 g/mol. The van der Waals surface area contributed by atoms with E-state index < -0.39 is 28.5 Å². The quantitative estimate of drug-likeness (QED) is 0.314. The van der Waals surface area contributed by atoms with Crippen molar-refractivity contribution >= 4 is 39.1 Å². The summed E-state index contributed by atoms with van der Waals surface area (Å²) in [6, 6.07) is 21.8. The van der Waals surface area contributed by atoms with E-state index >= 15 is 0 Å². The van der Waals surface area contributed by atoms with Crippen LogP contribution in [0.4, 0.5) is 5.69 Å². The smallest absolute Gasteiger partial charge is 0.244 e. The number of rotatable bonds is 13. The van der Waals surface area contributed by atoms with Crippen molar-refractivity contribution in [3.05, 3.63) is 95.0 Å². The first-order valence-electron chi connectivity index (χ1n) is 13.0. The van der Waals surface area contributed by atoms with Crippen molar-refractivity contribution in [2.45, 2.75) is 45.3 Å². The molecule has 0 aromatic heterocycles. The van der Waals surface area contributed by atoms with Gasteiger partial charge < -0.3 is 15.0 Å². The molecule has 0 spiro atoms. The van der Waals surface area contributed by atoms with Gasteiger partial charge in [-0.1, -0.05) is 61.0 Å². The van der Waals surface area contributed by atoms with Crippen LogP contribution in [0.1, 0.15) is 31.4 Å². The molecule has 3 rings (SSSR count). The number of methoxy groups -OCH3 is 1. The van der Waals surface area contributed by atoms with E-state index in [-0.39, 0.29) is 24.9 Å². The van der Waals surface area contributed by atoms with Crippen molar-refractivity contribution in [3.8, 4) is 5.75 Å². The normalized spacial score (nSPS) is 12.7. The lowest BCUT2D eigenvalue weighted by Crippen LogP contribution is -2.54. The highest BCUT2D eigenvalue weighted by Crippen LogP contribution is 2.23. The molecular weight excluding hydrogens is 550 g/mol. The van der Waals surface area contributed by atoms with Crippen molar-refractivity contribution in [3.63, 3.8) is 0 Å². The highest BCUT2D eigenvalue weighted by molar-refractivity contribution is 7.92. The Morgan fingerprint density at radius 3 is 2.23 bits per heavy atom. The molecule has 1 N–H and O–H groups in total. The summed E-state index contributed by atoms with van der Waals surface area (Å²) in [6.07, 6.45) is 2.00. The minimum atomic E-state index is -3.85. The maximum Gasteiger partial charge on any atom is 0.244 e. The monoisotopic (exact) mass is 585 g/mol. The van der Waals surface area contributed by atoms with Gasteiger partial charge in [-0.15, -0.1) is 0 Å². The Hall–Kier alpha value is -3.56. The molecular formula is C30H36ClN3O5S. The summed E-state index contributed by atoms with van der Waals surface area (Å²) >= 11 is 6.01. The lowest BCUT2D eigenvalue weighted by molar-refractivity contribution is -0.140. The van der Waals surface area contributed by atoms with Crippen molar-refractivity contribution < 1.29 is 22.7 Å². The fourth-order valence-electron chi connectivity index (χ4n) is 4.18. The number of halogens is 1. The third-order valence-electron chi connectivity index (χ3n) is 6.55. The first kappa shape index (κ1) is 31.0. The summed E-state index contributed by atoms with van der Waals surface area (Å²) in [4.78, 5) is 29.2. The van der Waals surface area contributed by atoms with Gasteiger partial charge >= 0.3 is 0 Å². The maximum absolute atomic E-state index is 14.1. The van der Waals surface area contributed by atoms with E-state index in [2.05, 4.69) is 5.32 Å². The topological polar surface area (TPSA) is 96.0 Å². The van der Waals surface area contributed by atoms with Gasteiger partial charge in [-0.2, -0.15) is 0 Å². The molecule has 2 atom stereocenters. The molecule has 8 nitrogen and oxygen atoms in total. The van der Waals surface area contributed by atoms with Crippen LogP contribution in [0.25, 0.3) is 0 Å². The second-order valence-electron chi connectivity index (χ2n) is 9.64. The minimum absolute atomic E-state index is 0.0691. The molecule has 0 saturated heterocycles. The third-order valence-corrected chi connectivity index (χ3v) is 7.95. The zero-order valence-corrected chi connectivity index (χ0v) is 24.8. The highest BCUT2D eigenvalue weighted by atomic mass is 35.5. The molecule has 0 bridgehead atoms. The number of amides is 2. The number of nitrogens with one attached hydrogen (secondary N) is 1. The van der Waals surface area contributed by atoms with Crippen molar-refractivity contribution in [2.75, 3.05) is 24.2 Å². The number of ether oxygens (including phenoxy) is 1. The molecule has 0 fully saturated rings. The zero-order valence-electron chi connectivity index (χ0n) is 23.2. The van der Waals surface area contributed by atoms with Crippen LogP contribution >= 0.6 is 11.6 Å². The minimum Gasteiger partial charge on any atom is -0.497 e. The largest absolute Gasteiger partial charge is 0.497 e.